The smallest absolute Gasteiger partial charge is 0.224 e. The van der Waals surface area contributed by atoms with Crippen LogP contribution in [0.3, 0.4) is 0 Å². The first-order valence-electron chi connectivity index (χ1n) is 6.38. The van der Waals surface area contributed by atoms with Crippen LogP contribution in [0.25, 0.3) is 0 Å². The highest BCUT2D eigenvalue weighted by molar-refractivity contribution is 7.16. The fourth-order valence-corrected chi connectivity index (χ4v) is 2.69. The maximum atomic E-state index is 13.7. The van der Waals surface area contributed by atoms with Crippen LogP contribution in [0.1, 0.15) is 31.2 Å². The molecule has 20 heavy (non-hydrogen) atoms. The molecule has 2 rings (SSSR count). The molecule has 0 fully saturated rings. The molecular weight excluding hydrogens is 299 g/mol. The minimum atomic E-state index is -0.471. The summed E-state index contributed by atoms with van der Waals surface area (Å²) >= 11 is 7.36. The van der Waals surface area contributed by atoms with Crippen LogP contribution in [-0.4, -0.2) is 16.5 Å². The number of rotatable bonds is 6. The molecule has 2 heterocycles. The van der Waals surface area contributed by atoms with Gasteiger partial charge in [0, 0.05) is 11.4 Å². The van der Waals surface area contributed by atoms with Gasteiger partial charge in [0.15, 0.2) is 11.6 Å². The number of nitrogens with one attached hydrogen (secondary N) is 2. The molecule has 0 amide bonds. The Morgan fingerprint density at radius 2 is 2.25 bits per heavy atom. The molecule has 0 bridgehead atoms. The molecule has 1 atom stereocenters. The van der Waals surface area contributed by atoms with Crippen LogP contribution in [-0.2, 0) is 0 Å². The Morgan fingerprint density at radius 3 is 2.90 bits per heavy atom. The van der Waals surface area contributed by atoms with Gasteiger partial charge in [-0.25, -0.2) is 9.37 Å². The Balaban J connectivity index is 2.11. The summed E-state index contributed by atoms with van der Waals surface area (Å²) in [5.41, 5.74) is 0. The zero-order valence-corrected chi connectivity index (χ0v) is 12.9. The molecule has 0 aromatic carbocycles. The number of halogens is 2. The van der Waals surface area contributed by atoms with Gasteiger partial charge in [-0.05, 0) is 25.5 Å². The fraction of sp³-hybridized carbons (Fsp3) is 0.385. The fourth-order valence-electron chi connectivity index (χ4n) is 1.63. The first kappa shape index (κ1) is 15.0. The molecular formula is C13H16ClFN4S. The monoisotopic (exact) mass is 314 g/mol. The Bertz CT molecular complexity index is 575. The summed E-state index contributed by atoms with van der Waals surface area (Å²) in [4.78, 5) is 9.07. The van der Waals surface area contributed by atoms with E-state index < -0.39 is 5.82 Å². The summed E-state index contributed by atoms with van der Waals surface area (Å²) in [6, 6.07) is 3.67. The van der Waals surface area contributed by atoms with E-state index in [1.807, 2.05) is 26.0 Å². The van der Waals surface area contributed by atoms with Gasteiger partial charge >= 0.3 is 0 Å². The number of hydrogen-bond acceptors (Lipinski definition) is 5. The van der Waals surface area contributed by atoms with Crippen molar-refractivity contribution in [2.75, 3.05) is 17.2 Å². The number of anilines is 2. The minimum Gasteiger partial charge on any atom is -0.360 e. The summed E-state index contributed by atoms with van der Waals surface area (Å²) in [6.07, 6.45) is 2.12. The van der Waals surface area contributed by atoms with E-state index in [-0.39, 0.29) is 11.9 Å². The predicted molar refractivity (Wildman–Crippen MR) is 82.1 cm³/mol. The van der Waals surface area contributed by atoms with Crippen molar-refractivity contribution >= 4 is 34.7 Å². The molecule has 0 saturated carbocycles. The normalized spacial score (nSPS) is 12.2. The second kappa shape index (κ2) is 6.85. The minimum absolute atomic E-state index is 0.0732. The van der Waals surface area contributed by atoms with Gasteiger partial charge in [-0.1, -0.05) is 18.5 Å². The molecule has 0 saturated heterocycles. The van der Waals surface area contributed by atoms with E-state index in [0.29, 0.717) is 10.3 Å². The molecule has 2 N–H and O–H groups in total. The number of nitrogens with zero attached hydrogens (tertiary/aromatic N) is 2. The van der Waals surface area contributed by atoms with Crippen molar-refractivity contribution < 1.29 is 4.39 Å². The molecule has 2 aromatic rings. The third kappa shape index (κ3) is 3.80. The largest absolute Gasteiger partial charge is 0.360 e. The van der Waals surface area contributed by atoms with Gasteiger partial charge in [-0.3, -0.25) is 0 Å². The molecule has 4 nitrogen and oxygen atoms in total. The van der Waals surface area contributed by atoms with Gasteiger partial charge in [0.25, 0.3) is 0 Å². The first-order chi connectivity index (χ1) is 9.60. The number of hydrogen-bond donors (Lipinski definition) is 2. The van der Waals surface area contributed by atoms with E-state index >= 15 is 0 Å². The van der Waals surface area contributed by atoms with Crippen LogP contribution >= 0.6 is 22.9 Å². The van der Waals surface area contributed by atoms with Crippen molar-refractivity contribution in [3.63, 3.8) is 0 Å². The maximum Gasteiger partial charge on any atom is 0.224 e. The highest BCUT2D eigenvalue weighted by atomic mass is 35.5. The SMILES string of the molecule is CCCNc1ncc(F)c(NC(C)c2ccc(Cl)s2)n1. The van der Waals surface area contributed by atoms with E-state index in [9.17, 15) is 4.39 Å². The van der Waals surface area contributed by atoms with Crippen LogP contribution in [0.2, 0.25) is 4.34 Å². The number of thiophene rings is 1. The summed E-state index contributed by atoms with van der Waals surface area (Å²) in [5.74, 6) is 0.143. The van der Waals surface area contributed by atoms with Crippen LogP contribution in [0.15, 0.2) is 18.3 Å². The van der Waals surface area contributed by atoms with Gasteiger partial charge in [-0.2, -0.15) is 4.98 Å². The lowest BCUT2D eigenvalue weighted by atomic mass is 10.3. The molecule has 0 aliphatic heterocycles. The lowest BCUT2D eigenvalue weighted by molar-refractivity contribution is 0.614. The first-order valence-corrected chi connectivity index (χ1v) is 7.57. The second-order valence-corrected chi connectivity index (χ2v) is 6.07. The average Bonchev–Trinajstić information content (AvgIpc) is 2.86. The molecule has 0 aliphatic carbocycles. The Kier molecular flexibility index (Phi) is 5.14. The molecule has 108 valence electrons. The third-order valence-corrected chi connectivity index (χ3v) is 4.07. The van der Waals surface area contributed by atoms with Gasteiger partial charge in [0.05, 0.1) is 16.6 Å². The van der Waals surface area contributed by atoms with E-state index in [1.165, 1.54) is 17.5 Å². The zero-order chi connectivity index (χ0) is 14.5. The van der Waals surface area contributed by atoms with Crippen molar-refractivity contribution in [1.82, 2.24) is 9.97 Å². The Labute approximate surface area is 126 Å². The summed E-state index contributed by atoms with van der Waals surface area (Å²) in [7, 11) is 0. The summed E-state index contributed by atoms with van der Waals surface area (Å²) in [5, 5.41) is 6.07. The maximum absolute atomic E-state index is 13.7. The van der Waals surface area contributed by atoms with Gasteiger partial charge < -0.3 is 10.6 Å². The van der Waals surface area contributed by atoms with Crippen molar-refractivity contribution in [1.29, 1.82) is 0 Å². The third-order valence-electron chi connectivity index (χ3n) is 2.65. The molecule has 0 radical (unpaired) electrons. The van der Waals surface area contributed by atoms with Crippen LogP contribution < -0.4 is 10.6 Å². The lowest BCUT2D eigenvalue weighted by Gasteiger charge is -2.14. The quantitative estimate of drug-likeness (QED) is 0.833. The predicted octanol–water partition coefficient (Wildman–Crippen LogP) is 4.33. The highest BCUT2D eigenvalue weighted by Crippen LogP contribution is 2.29. The molecule has 0 spiro atoms. The van der Waals surface area contributed by atoms with E-state index in [0.717, 1.165) is 17.8 Å². The topological polar surface area (TPSA) is 49.8 Å². The molecule has 0 aliphatic rings. The Hall–Kier alpha value is -1.40. The molecule has 7 heteroatoms. The van der Waals surface area contributed by atoms with Crippen LogP contribution in [0.5, 0.6) is 0 Å². The lowest BCUT2D eigenvalue weighted by Crippen LogP contribution is -2.11. The standard InChI is InChI=1S/C13H16ClFN4S/c1-3-6-16-13-17-7-9(15)12(19-13)18-8(2)10-4-5-11(14)20-10/h4-5,7-8H,3,6H2,1-2H3,(H2,16,17,18,19). The van der Waals surface area contributed by atoms with E-state index in [1.54, 1.807) is 0 Å². The zero-order valence-electron chi connectivity index (χ0n) is 11.3. The van der Waals surface area contributed by atoms with Crippen LogP contribution in [0, 0.1) is 5.82 Å². The van der Waals surface area contributed by atoms with Gasteiger partial charge in [-0.15, -0.1) is 11.3 Å². The molecule has 1 unspecified atom stereocenters. The van der Waals surface area contributed by atoms with Gasteiger partial charge in [0.2, 0.25) is 5.95 Å². The van der Waals surface area contributed by atoms with E-state index in [2.05, 4.69) is 20.6 Å². The van der Waals surface area contributed by atoms with Crippen molar-refractivity contribution in [3.8, 4) is 0 Å². The summed E-state index contributed by atoms with van der Waals surface area (Å²) in [6.45, 7) is 4.72. The van der Waals surface area contributed by atoms with E-state index in [4.69, 9.17) is 11.6 Å². The second-order valence-electron chi connectivity index (χ2n) is 4.32. The number of aromatic nitrogens is 2. The average molecular weight is 315 g/mol. The van der Waals surface area contributed by atoms with Crippen molar-refractivity contribution in [2.24, 2.45) is 0 Å². The van der Waals surface area contributed by atoms with Gasteiger partial charge in [0.1, 0.15) is 0 Å². The van der Waals surface area contributed by atoms with Crippen molar-refractivity contribution in [3.05, 3.63) is 33.4 Å². The van der Waals surface area contributed by atoms with Crippen LogP contribution in [0.4, 0.5) is 16.2 Å². The van der Waals surface area contributed by atoms with Crippen molar-refractivity contribution in [2.45, 2.75) is 26.3 Å². The Morgan fingerprint density at radius 1 is 1.45 bits per heavy atom. The molecule has 2 aromatic heterocycles. The highest BCUT2D eigenvalue weighted by Gasteiger charge is 2.13. The summed E-state index contributed by atoms with van der Waals surface area (Å²) < 4.78 is 14.4.